The van der Waals surface area contributed by atoms with E-state index in [9.17, 15) is 5.21 Å². The van der Waals surface area contributed by atoms with E-state index in [2.05, 4.69) is 10.1 Å². The normalized spacial score (nSPS) is 10.6. The maximum atomic E-state index is 11.9. The Kier molecular flexibility index (Phi) is 2.72. The molecule has 94 valence electrons. The molecule has 0 saturated heterocycles. The van der Waals surface area contributed by atoms with Gasteiger partial charge in [0.15, 0.2) is 0 Å². The zero-order chi connectivity index (χ0) is 13.2. The van der Waals surface area contributed by atoms with Crippen molar-refractivity contribution >= 4 is 11.0 Å². The predicted octanol–water partition coefficient (Wildman–Crippen LogP) is 1.94. The minimum absolute atomic E-state index is 0.382. The first kappa shape index (κ1) is 11.4. The van der Waals surface area contributed by atoms with Crippen LogP contribution >= 0.6 is 0 Å². The molecular formula is C14H11N3O2. The number of ether oxygens (including phenoxy) is 1. The lowest BCUT2D eigenvalue weighted by Gasteiger charge is -2.04. The molecule has 0 bridgehead atoms. The van der Waals surface area contributed by atoms with E-state index in [1.807, 2.05) is 24.3 Å². The van der Waals surface area contributed by atoms with Crippen molar-refractivity contribution in [3.8, 4) is 17.1 Å². The van der Waals surface area contributed by atoms with Gasteiger partial charge in [-0.25, -0.2) is 4.98 Å². The van der Waals surface area contributed by atoms with E-state index in [0.717, 1.165) is 5.56 Å². The second-order valence-electron chi connectivity index (χ2n) is 4.03. The van der Waals surface area contributed by atoms with Crippen LogP contribution in [0, 0.1) is 5.21 Å². The van der Waals surface area contributed by atoms with Crippen LogP contribution in [-0.2, 0) is 0 Å². The van der Waals surface area contributed by atoms with Crippen LogP contribution in [0.15, 0.2) is 48.5 Å². The van der Waals surface area contributed by atoms with Gasteiger partial charge in [-0.1, -0.05) is 24.3 Å². The van der Waals surface area contributed by atoms with Gasteiger partial charge in [-0.05, 0) is 23.0 Å². The fourth-order valence-electron chi connectivity index (χ4n) is 1.88. The Hall–Kier alpha value is -2.69. The first-order valence-electron chi connectivity index (χ1n) is 5.79. The van der Waals surface area contributed by atoms with Crippen molar-refractivity contribution < 1.29 is 9.58 Å². The van der Waals surface area contributed by atoms with E-state index in [1.54, 1.807) is 31.4 Å². The van der Waals surface area contributed by atoms with Gasteiger partial charge < -0.3 is 9.94 Å². The molecule has 0 aliphatic carbocycles. The van der Waals surface area contributed by atoms with Crippen molar-refractivity contribution in [2.75, 3.05) is 7.11 Å². The van der Waals surface area contributed by atoms with Gasteiger partial charge in [-0.3, -0.25) is 0 Å². The monoisotopic (exact) mass is 253 g/mol. The number of rotatable bonds is 2. The van der Waals surface area contributed by atoms with Crippen molar-refractivity contribution in [2.45, 2.75) is 0 Å². The Morgan fingerprint density at radius 3 is 2.79 bits per heavy atom. The zero-order valence-electron chi connectivity index (χ0n) is 10.3. The summed E-state index contributed by atoms with van der Waals surface area (Å²) in [5, 5.41) is 15.8. The van der Waals surface area contributed by atoms with Crippen molar-refractivity contribution in [1.82, 2.24) is 10.1 Å². The molecule has 1 aromatic heterocycles. The predicted molar refractivity (Wildman–Crippen MR) is 70.5 cm³/mol. The SMILES string of the molecule is COc1cccc(-c2nc3ccccc3[n+]([O-])n2)c1. The van der Waals surface area contributed by atoms with Crippen LogP contribution < -0.4 is 9.58 Å². The Balaban J connectivity index is 2.19. The highest BCUT2D eigenvalue weighted by Crippen LogP contribution is 2.20. The van der Waals surface area contributed by atoms with Crippen LogP contribution in [0.1, 0.15) is 0 Å². The smallest absolute Gasteiger partial charge is 0.270 e. The average Bonchev–Trinajstić information content (AvgIpc) is 2.47. The minimum Gasteiger partial charge on any atom is -0.594 e. The van der Waals surface area contributed by atoms with Gasteiger partial charge in [-0.2, -0.15) is 0 Å². The second kappa shape index (κ2) is 4.53. The lowest BCUT2D eigenvalue weighted by Crippen LogP contribution is -2.33. The molecule has 0 atom stereocenters. The molecule has 5 heteroatoms. The number of methoxy groups -OCH3 is 1. The van der Waals surface area contributed by atoms with Crippen LogP contribution in [0.25, 0.3) is 22.4 Å². The van der Waals surface area contributed by atoms with Gasteiger partial charge in [0.25, 0.3) is 5.52 Å². The first-order chi connectivity index (χ1) is 9.28. The molecule has 0 unspecified atom stereocenters. The molecule has 0 spiro atoms. The lowest BCUT2D eigenvalue weighted by molar-refractivity contribution is -0.642. The summed E-state index contributed by atoms with van der Waals surface area (Å²) in [6, 6.07) is 14.4. The van der Waals surface area contributed by atoms with Crippen molar-refractivity contribution in [3.63, 3.8) is 0 Å². The van der Waals surface area contributed by atoms with Gasteiger partial charge in [0.2, 0.25) is 5.82 Å². The Morgan fingerprint density at radius 1 is 1.11 bits per heavy atom. The molecule has 0 aliphatic heterocycles. The summed E-state index contributed by atoms with van der Waals surface area (Å²) in [5.74, 6) is 1.08. The van der Waals surface area contributed by atoms with E-state index in [4.69, 9.17) is 4.74 Å². The maximum Gasteiger partial charge on any atom is 0.270 e. The van der Waals surface area contributed by atoms with E-state index >= 15 is 0 Å². The number of hydrogen-bond acceptors (Lipinski definition) is 4. The quantitative estimate of drug-likeness (QED) is 0.517. The number of para-hydroxylation sites is 2. The molecule has 3 aromatic rings. The summed E-state index contributed by atoms with van der Waals surface area (Å²) < 4.78 is 5.15. The number of hydrogen-bond donors (Lipinski definition) is 0. The topological polar surface area (TPSA) is 62.0 Å². The van der Waals surface area contributed by atoms with Gasteiger partial charge in [0, 0.05) is 16.7 Å². The maximum absolute atomic E-state index is 11.9. The fourth-order valence-corrected chi connectivity index (χ4v) is 1.88. The molecule has 0 aliphatic rings. The molecule has 19 heavy (non-hydrogen) atoms. The van der Waals surface area contributed by atoms with E-state index in [1.165, 1.54) is 0 Å². The van der Waals surface area contributed by atoms with E-state index in [-0.39, 0.29) is 0 Å². The third-order valence-corrected chi connectivity index (χ3v) is 2.83. The Morgan fingerprint density at radius 2 is 1.95 bits per heavy atom. The van der Waals surface area contributed by atoms with Gasteiger partial charge in [0.1, 0.15) is 11.3 Å². The Bertz CT molecular complexity index is 744. The van der Waals surface area contributed by atoms with Crippen molar-refractivity contribution in [3.05, 3.63) is 53.7 Å². The van der Waals surface area contributed by atoms with Crippen molar-refractivity contribution in [1.29, 1.82) is 0 Å². The summed E-state index contributed by atoms with van der Waals surface area (Å²) in [7, 11) is 1.59. The Labute approximate surface area is 109 Å². The highest BCUT2D eigenvalue weighted by molar-refractivity contribution is 5.72. The number of benzene rings is 2. The molecule has 3 rings (SSSR count). The number of fused-ring (bicyclic) bond motifs is 1. The second-order valence-corrected chi connectivity index (χ2v) is 4.03. The molecule has 0 radical (unpaired) electrons. The molecule has 2 aromatic carbocycles. The van der Waals surface area contributed by atoms with Gasteiger partial charge in [0.05, 0.1) is 7.11 Å². The molecule has 0 saturated carbocycles. The molecule has 1 heterocycles. The summed E-state index contributed by atoms with van der Waals surface area (Å²) >= 11 is 0. The fraction of sp³-hybridized carbons (Fsp3) is 0.0714. The van der Waals surface area contributed by atoms with Crippen LogP contribution in [0.3, 0.4) is 0 Å². The number of nitrogens with zero attached hydrogens (tertiary/aromatic N) is 3. The van der Waals surface area contributed by atoms with Crippen LogP contribution in [-0.4, -0.2) is 17.2 Å². The lowest BCUT2D eigenvalue weighted by atomic mass is 10.2. The average molecular weight is 253 g/mol. The van der Waals surface area contributed by atoms with Gasteiger partial charge in [-0.15, -0.1) is 0 Å². The summed E-state index contributed by atoms with van der Waals surface area (Å²) in [5.41, 5.74) is 1.81. The summed E-state index contributed by atoms with van der Waals surface area (Å²) in [4.78, 5) is 4.99. The largest absolute Gasteiger partial charge is 0.594 e. The summed E-state index contributed by atoms with van der Waals surface area (Å²) in [6.45, 7) is 0. The van der Waals surface area contributed by atoms with E-state index < -0.39 is 0 Å². The van der Waals surface area contributed by atoms with Gasteiger partial charge >= 0.3 is 0 Å². The third kappa shape index (κ3) is 2.06. The van der Waals surface area contributed by atoms with Crippen LogP contribution in [0.4, 0.5) is 0 Å². The molecule has 0 amide bonds. The first-order valence-corrected chi connectivity index (χ1v) is 5.79. The molecule has 5 nitrogen and oxygen atoms in total. The van der Waals surface area contributed by atoms with Crippen LogP contribution in [0.2, 0.25) is 0 Å². The third-order valence-electron chi connectivity index (χ3n) is 2.83. The zero-order valence-corrected chi connectivity index (χ0v) is 10.3. The van der Waals surface area contributed by atoms with Crippen LogP contribution in [0.5, 0.6) is 5.75 Å². The molecule has 0 fully saturated rings. The standard InChI is InChI=1S/C14H11N3O2/c1-19-11-6-4-5-10(9-11)14-15-12-7-2-3-8-13(12)17(18)16-14/h2-9H,1H3. The minimum atomic E-state index is 0.382. The highest BCUT2D eigenvalue weighted by atomic mass is 16.5. The molecule has 0 N–H and O–H groups in total. The van der Waals surface area contributed by atoms with Crippen molar-refractivity contribution in [2.24, 2.45) is 0 Å². The summed E-state index contributed by atoms with van der Waals surface area (Å²) in [6.07, 6.45) is 0. The highest BCUT2D eigenvalue weighted by Gasteiger charge is 2.12. The van der Waals surface area contributed by atoms with E-state index in [0.29, 0.717) is 27.5 Å². The number of aromatic nitrogens is 3. The molecular weight excluding hydrogens is 242 g/mol.